The summed E-state index contributed by atoms with van der Waals surface area (Å²) >= 11 is 0. The highest BCUT2D eigenvalue weighted by molar-refractivity contribution is 5.80. The molecule has 1 spiro atoms. The summed E-state index contributed by atoms with van der Waals surface area (Å²) in [7, 11) is 1.85. The Morgan fingerprint density at radius 3 is 3.04 bits per heavy atom. The molecule has 0 aliphatic carbocycles. The quantitative estimate of drug-likeness (QED) is 0.661. The molecule has 1 aromatic rings. The third kappa shape index (κ3) is 3.98. The molecule has 0 bridgehead atoms. The molecule has 2 saturated heterocycles. The molecular formula is C18H28N4O2. The fraction of sp³-hybridized carbons (Fsp3) is 0.667. The van der Waals surface area contributed by atoms with Crippen LogP contribution in [-0.4, -0.2) is 55.8 Å². The van der Waals surface area contributed by atoms with Gasteiger partial charge in [-0.3, -0.25) is 4.99 Å². The van der Waals surface area contributed by atoms with Crippen molar-refractivity contribution < 1.29 is 9.47 Å². The smallest absolute Gasteiger partial charge is 0.213 e. The third-order valence-corrected chi connectivity index (χ3v) is 4.84. The number of likely N-dealkylation sites (tertiary alicyclic amines) is 1. The van der Waals surface area contributed by atoms with Crippen LogP contribution in [0.3, 0.4) is 0 Å². The molecule has 1 aromatic heterocycles. The summed E-state index contributed by atoms with van der Waals surface area (Å²) in [6.07, 6.45) is 5.22. The van der Waals surface area contributed by atoms with E-state index in [1.54, 1.807) is 0 Å². The van der Waals surface area contributed by atoms with E-state index in [1.165, 1.54) is 12.8 Å². The molecule has 0 aromatic carbocycles. The number of aliphatic imine (C=N–C) groups is 1. The lowest BCUT2D eigenvalue weighted by Gasteiger charge is -2.25. The molecule has 3 heterocycles. The first-order valence-corrected chi connectivity index (χ1v) is 8.86. The molecule has 0 amide bonds. The first kappa shape index (κ1) is 17.0. The summed E-state index contributed by atoms with van der Waals surface area (Å²) in [5, 5.41) is 3.45. The molecular weight excluding hydrogens is 304 g/mol. The molecule has 2 aliphatic rings. The highest BCUT2D eigenvalue weighted by Crippen LogP contribution is 2.38. The Morgan fingerprint density at radius 1 is 1.46 bits per heavy atom. The van der Waals surface area contributed by atoms with Crippen molar-refractivity contribution in [1.29, 1.82) is 0 Å². The molecule has 0 radical (unpaired) electrons. The summed E-state index contributed by atoms with van der Waals surface area (Å²) < 4.78 is 11.1. The Labute approximate surface area is 144 Å². The zero-order chi connectivity index (χ0) is 16.8. The van der Waals surface area contributed by atoms with Crippen molar-refractivity contribution in [3.8, 4) is 5.88 Å². The average Bonchev–Trinajstić information content (AvgIpc) is 3.25. The van der Waals surface area contributed by atoms with Gasteiger partial charge in [0.1, 0.15) is 0 Å². The molecule has 3 rings (SSSR count). The number of hydrogen-bond donors (Lipinski definition) is 1. The fourth-order valence-electron chi connectivity index (χ4n) is 3.41. The predicted octanol–water partition coefficient (Wildman–Crippen LogP) is 2.06. The Morgan fingerprint density at radius 2 is 2.38 bits per heavy atom. The molecule has 2 aliphatic heterocycles. The molecule has 1 atom stereocenters. The molecule has 6 nitrogen and oxygen atoms in total. The molecule has 24 heavy (non-hydrogen) atoms. The van der Waals surface area contributed by atoms with Crippen LogP contribution in [-0.2, 0) is 11.3 Å². The van der Waals surface area contributed by atoms with Crippen LogP contribution in [0.4, 0.5) is 0 Å². The minimum absolute atomic E-state index is 0.345. The number of aromatic nitrogens is 1. The maximum Gasteiger partial charge on any atom is 0.213 e. The van der Waals surface area contributed by atoms with Gasteiger partial charge in [-0.2, -0.15) is 0 Å². The number of ether oxygens (including phenoxy) is 2. The Balaban J connectivity index is 1.51. The van der Waals surface area contributed by atoms with Crippen LogP contribution in [0.5, 0.6) is 5.88 Å². The van der Waals surface area contributed by atoms with Gasteiger partial charge in [0.25, 0.3) is 0 Å². The lowest BCUT2D eigenvalue weighted by atomic mass is 9.87. The van der Waals surface area contributed by atoms with Crippen molar-refractivity contribution >= 4 is 5.96 Å². The van der Waals surface area contributed by atoms with Gasteiger partial charge < -0.3 is 19.7 Å². The number of nitrogens with one attached hydrogen (secondary N) is 1. The van der Waals surface area contributed by atoms with Gasteiger partial charge in [-0.15, -0.1) is 0 Å². The van der Waals surface area contributed by atoms with E-state index in [0.717, 1.165) is 44.2 Å². The lowest BCUT2D eigenvalue weighted by Crippen LogP contribution is -2.41. The average molecular weight is 332 g/mol. The molecule has 6 heteroatoms. The van der Waals surface area contributed by atoms with Gasteiger partial charge >= 0.3 is 0 Å². The van der Waals surface area contributed by atoms with Gasteiger partial charge in [-0.25, -0.2) is 4.98 Å². The number of guanidine groups is 1. The van der Waals surface area contributed by atoms with E-state index >= 15 is 0 Å². The first-order chi connectivity index (χ1) is 11.7. The second kappa shape index (κ2) is 7.83. The third-order valence-electron chi connectivity index (χ3n) is 4.84. The number of pyridine rings is 1. The van der Waals surface area contributed by atoms with Crippen LogP contribution in [0.15, 0.2) is 23.3 Å². The van der Waals surface area contributed by atoms with Crippen molar-refractivity contribution in [2.75, 3.05) is 40.0 Å². The van der Waals surface area contributed by atoms with Crippen LogP contribution in [0.25, 0.3) is 0 Å². The second-order valence-corrected chi connectivity index (χ2v) is 6.73. The minimum atomic E-state index is 0.345. The monoisotopic (exact) mass is 332 g/mol. The Bertz CT molecular complexity index is 553. The summed E-state index contributed by atoms with van der Waals surface area (Å²) in [5.74, 6) is 1.65. The van der Waals surface area contributed by atoms with E-state index in [4.69, 9.17) is 9.47 Å². The second-order valence-electron chi connectivity index (χ2n) is 6.73. The highest BCUT2D eigenvalue weighted by Gasteiger charge is 2.42. The summed E-state index contributed by atoms with van der Waals surface area (Å²) in [5.41, 5.74) is 1.47. The van der Waals surface area contributed by atoms with Crippen LogP contribution in [0, 0.1) is 5.41 Å². The topological polar surface area (TPSA) is 59.0 Å². The number of hydrogen-bond acceptors (Lipinski definition) is 4. The lowest BCUT2D eigenvalue weighted by molar-refractivity contribution is 0.156. The Kier molecular flexibility index (Phi) is 5.56. The van der Waals surface area contributed by atoms with Gasteiger partial charge in [-0.1, -0.05) is 13.0 Å². The molecule has 0 saturated carbocycles. The fourth-order valence-corrected chi connectivity index (χ4v) is 3.41. The molecule has 2 fully saturated rings. The molecule has 1 unspecified atom stereocenters. The van der Waals surface area contributed by atoms with E-state index in [0.29, 0.717) is 24.4 Å². The predicted molar refractivity (Wildman–Crippen MR) is 94.3 cm³/mol. The van der Waals surface area contributed by atoms with Crippen molar-refractivity contribution in [2.45, 2.75) is 32.7 Å². The zero-order valence-corrected chi connectivity index (χ0v) is 14.8. The van der Waals surface area contributed by atoms with Crippen molar-refractivity contribution in [1.82, 2.24) is 15.2 Å². The van der Waals surface area contributed by atoms with Crippen molar-refractivity contribution in [3.05, 3.63) is 23.9 Å². The van der Waals surface area contributed by atoms with E-state index in [9.17, 15) is 0 Å². The van der Waals surface area contributed by atoms with Gasteiger partial charge in [-0.05, 0) is 24.8 Å². The molecule has 132 valence electrons. The van der Waals surface area contributed by atoms with Crippen LogP contribution >= 0.6 is 0 Å². The van der Waals surface area contributed by atoms with E-state index < -0.39 is 0 Å². The maximum atomic E-state index is 5.61. The van der Waals surface area contributed by atoms with E-state index in [-0.39, 0.29) is 0 Å². The number of rotatable bonds is 5. The van der Waals surface area contributed by atoms with E-state index in [1.807, 2.05) is 19.3 Å². The summed E-state index contributed by atoms with van der Waals surface area (Å²) in [6.45, 7) is 7.39. The summed E-state index contributed by atoms with van der Waals surface area (Å²) in [6, 6.07) is 3.98. The highest BCUT2D eigenvalue weighted by atomic mass is 16.5. The van der Waals surface area contributed by atoms with Gasteiger partial charge in [0.2, 0.25) is 5.88 Å². The van der Waals surface area contributed by atoms with Crippen LogP contribution in [0.2, 0.25) is 0 Å². The van der Waals surface area contributed by atoms with Crippen LogP contribution in [0.1, 0.15) is 31.7 Å². The minimum Gasteiger partial charge on any atom is -0.478 e. The van der Waals surface area contributed by atoms with Crippen molar-refractivity contribution in [2.24, 2.45) is 10.4 Å². The van der Waals surface area contributed by atoms with Crippen molar-refractivity contribution in [3.63, 3.8) is 0 Å². The van der Waals surface area contributed by atoms with E-state index in [2.05, 4.69) is 33.2 Å². The largest absolute Gasteiger partial charge is 0.478 e. The summed E-state index contributed by atoms with van der Waals surface area (Å²) in [4.78, 5) is 11.1. The number of nitrogens with zero attached hydrogens (tertiary/aromatic N) is 3. The normalized spacial score (nSPS) is 23.9. The van der Waals surface area contributed by atoms with Crippen LogP contribution < -0.4 is 10.1 Å². The zero-order valence-electron chi connectivity index (χ0n) is 14.8. The van der Waals surface area contributed by atoms with Gasteiger partial charge in [0, 0.05) is 51.0 Å². The maximum absolute atomic E-state index is 5.61. The standard InChI is InChI=1S/C18H28N4O2/c1-3-9-24-16-5-4-15(11-20-16)12-21-17(19-2)22-8-6-18(13-22)7-10-23-14-18/h4-5,11H,3,6-10,12-14H2,1-2H3,(H,19,21). The van der Waals surface area contributed by atoms with Gasteiger partial charge in [0.15, 0.2) is 5.96 Å². The molecule has 1 N–H and O–H groups in total. The Hall–Kier alpha value is -1.82. The SMILES string of the molecule is CCCOc1ccc(CNC(=NC)N2CCC3(CCOC3)C2)cn1. The first-order valence-electron chi connectivity index (χ1n) is 8.86. The van der Waals surface area contributed by atoms with Gasteiger partial charge in [0.05, 0.1) is 13.2 Å².